The van der Waals surface area contributed by atoms with E-state index in [1.807, 2.05) is 0 Å². The molecular formula is C12H15F4NO. The van der Waals surface area contributed by atoms with E-state index >= 15 is 0 Å². The van der Waals surface area contributed by atoms with Crippen LogP contribution in [0, 0.1) is 23.5 Å². The maximum Gasteiger partial charge on any atom is 0.255 e. The van der Waals surface area contributed by atoms with Gasteiger partial charge < -0.3 is 4.74 Å². The average molecular weight is 265 g/mol. The van der Waals surface area contributed by atoms with Crippen LogP contribution in [0.25, 0.3) is 0 Å². The highest BCUT2D eigenvalue weighted by Crippen LogP contribution is 2.24. The standard InChI is InChI=1S/C12H15F4NO/c1-2-3-4-5-6-7-18-10-8(13)11(15)17-12(16)9(10)14/h2-7H2,1H3. The normalized spacial score (nSPS) is 10.7. The number of hydrogen-bond acceptors (Lipinski definition) is 2. The lowest BCUT2D eigenvalue weighted by Crippen LogP contribution is -2.07. The van der Waals surface area contributed by atoms with Crippen molar-refractivity contribution < 1.29 is 22.3 Å². The van der Waals surface area contributed by atoms with Crippen molar-refractivity contribution in [2.45, 2.75) is 39.0 Å². The third kappa shape index (κ3) is 3.85. The molecule has 0 aliphatic carbocycles. The fraction of sp³-hybridized carbons (Fsp3) is 0.583. The van der Waals surface area contributed by atoms with Crippen molar-refractivity contribution >= 4 is 0 Å². The number of pyridine rings is 1. The molecule has 0 bridgehead atoms. The van der Waals surface area contributed by atoms with Crippen LogP contribution in [-0.4, -0.2) is 11.6 Å². The lowest BCUT2D eigenvalue weighted by molar-refractivity contribution is 0.257. The van der Waals surface area contributed by atoms with Crippen LogP contribution in [0.3, 0.4) is 0 Å². The van der Waals surface area contributed by atoms with E-state index in [1.165, 1.54) is 0 Å². The van der Waals surface area contributed by atoms with Crippen LogP contribution in [-0.2, 0) is 0 Å². The maximum absolute atomic E-state index is 13.1. The largest absolute Gasteiger partial charge is 0.487 e. The van der Waals surface area contributed by atoms with Gasteiger partial charge in [-0.3, -0.25) is 0 Å². The van der Waals surface area contributed by atoms with E-state index in [2.05, 4.69) is 11.9 Å². The molecule has 6 heteroatoms. The molecule has 0 amide bonds. The minimum absolute atomic E-state index is 0.0143. The summed E-state index contributed by atoms with van der Waals surface area (Å²) in [5, 5.41) is 0. The molecule has 1 rings (SSSR count). The molecule has 1 aromatic rings. The average Bonchev–Trinajstić information content (AvgIpc) is 2.35. The zero-order valence-electron chi connectivity index (χ0n) is 10.1. The fourth-order valence-electron chi connectivity index (χ4n) is 1.47. The molecule has 1 aromatic heterocycles. The molecule has 0 unspecified atom stereocenters. The summed E-state index contributed by atoms with van der Waals surface area (Å²) in [6, 6.07) is 0. The van der Waals surface area contributed by atoms with Crippen molar-refractivity contribution in [1.82, 2.24) is 4.98 Å². The van der Waals surface area contributed by atoms with Crippen LogP contribution in [0.5, 0.6) is 5.75 Å². The van der Waals surface area contributed by atoms with Gasteiger partial charge in [0.25, 0.3) is 11.9 Å². The number of unbranched alkanes of at least 4 members (excludes halogenated alkanes) is 4. The lowest BCUT2D eigenvalue weighted by atomic mass is 10.2. The smallest absolute Gasteiger partial charge is 0.255 e. The highest BCUT2D eigenvalue weighted by Gasteiger charge is 2.21. The Balaban J connectivity index is 2.52. The molecular weight excluding hydrogens is 250 g/mol. The molecule has 0 aromatic carbocycles. The first kappa shape index (κ1) is 14.7. The zero-order valence-corrected chi connectivity index (χ0v) is 10.1. The lowest BCUT2D eigenvalue weighted by Gasteiger charge is -2.08. The Kier molecular flexibility index (Phi) is 5.88. The van der Waals surface area contributed by atoms with Crippen LogP contribution in [0.15, 0.2) is 0 Å². The molecule has 0 aliphatic heterocycles. The molecule has 0 fully saturated rings. The van der Waals surface area contributed by atoms with Gasteiger partial charge in [0, 0.05) is 0 Å². The molecule has 2 nitrogen and oxygen atoms in total. The second-order valence-corrected chi connectivity index (χ2v) is 3.91. The highest BCUT2D eigenvalue weighted by atomic mass is 19.2. The van der Waals surface area contributed by atoms with Crippen molar-refractivity contribution in [3.05, 3.63) is 23.5 Å². The molecule has 0 spiro atoms. The van der Waals surface area contributed by atoms with Gasteiger partial charge in [0.05, 0.1) is 6.61 Å². The van der Waals surface area contributed by atoms with Gasteiger partial charge in [-0.2, -0.15) is 22.5 Å². The summed E-state index contributed by atoms with van der Waals surface area (Å²) in [4.78, 5) is 2.44. The van der Waals surface area contributed by atoms with Gasteiger partial charge in [-0.05, 0) is 6.42 Å². The Morgan fingerprint density at radius 1 is 0.889 bits per heavy atom. The Morgan fingerprint density at radius 3 is 2.00 bits per heavy atom. The molecule has 0 radical (unpaired) electrons. The predicted octanol–water partition coefficient (Wildman–Crippen LogP) is 3.99. The zero-order chi connectivity index (χ0) is 13.5. The second-order valence-electron chi connectivity index (χ2n) is 3.91. The summed E-state index contributed by atoms with van der Waals surface area (Å²) in [7, 11) is 0. The number of ether oxygens (including phenoxy) is 1. The van der Waals surface area contributed by atoms with Gasteiger partial charge in [-0.25, -0.2) is 0 Å². The Bertz CT molecular complexity index is 372. The van der Waals surface area contributed by atoms with Crippen molar-refractivity contribution in [3.63, 3.8) is 0 Å². The summed E-state index contributed by atoms with van der Waals surface area (Å²) in [5.74, 6) is -7.62. The minimum atomic E-state index is -1.70. The first-order chi connectivity index (χ1) is 8.57. The van der Waals surface area contributed by atoms with Crippen molar-refractivity contribution in [1.29, 1.82) is 0 Å². The predicted molar refractivity (Wildman–Crippen MR) is 58.3 cm³/mol. The molecule has 0 saturated heterocycles. The maximum atomic E-state index is 13.1. The summed E-state index contributed by atoms with van der Waals surface area (Å²) in [6.45, 7) is 2.07. The third-order valence-electron chi connectivity index (χ3n) is 2.45. The molecule has 1 heterocycles. The number of rotatable bonds is 7. The van der Waals surface area contributed by atoms with Crippen LogP contribution in [0.4, 0.5) is 17.6 Å². The van der Waals surface area contributed by atoms with E-state index in [0.717, 1.165) is 25.7 Å². The third-order valence-corrected chi connectivity index (χ3v) is 2.45. The van der Waals surface area contributed by atoms with Crippen molar-refractivity contribution in [2.75, 3.05) is 6.61 Å². The number of nitrogens with zero attached hydrogens (tertiary/aromatic N) is 1. The van der Waals surface area contributed by atoms with Crippen LogP contribution in [0.2, 0.25) is 0 Å². The minimum Gasteiger partial charge on any atom is -0.487 e. The molecule has 0 atom stereocenters. The molecule has 0 N–H and O–H groups in total. The topological polar surface area (TPSA) is 22.1 Å². The first-order valence-corrected chi connectivity index (χ1v) is 5.90. The van der Waals surface area contributed by atoms with Gasteiger partial charge in [-0.1, -0.05) is 32.6 Å². The van der Waals surface area contributed by atoms with E-state index in [-0.39, 0.29) is 6.61 Å². The molecule has 0 saturated carbocycles. The SMILES string of the molecule is CCCCCCCOc1c(F)c(F)nc(F)c1F. The van der Waals surface area contributed by atoms with Gasteiger partial charge in [0.2, 0.25) is 11.6 Å². The highest BCUT2D eigenvalue weighted by molar-refractivity contribution is 5.24. The molecule has 18 heavy (non-hydrogen) atoms. The van der Waals surface area contributed by atoms with Crippen LogP contribution >= 0.6 is 0 Å². The van der Waals surface area contributed by atoms with Gasteiger partial charge >= 0.3 is 0 Å². The number of hydrogen-bond donors (Lipinski definition) is 0. The summed E-state index contributed by atoms with van der Waals surface area (Å²) in [6.07, 6.45) is 4.55. The quantitative estimate of drug-likeness (QED) is 0.422. The molecule has 102 valence electrons. The van der Waals surface area contributed by atoms with E-state index in [4.69, 9.17) is 4.74 Å². The van der Waals surface area contributed by atoms with Gasteiger partial charge in [0.1, 0.15) is 0 Å². The Hall–Kier alpha value is -1.33. The summed E-state index contributed by atoms with van der Waals surface area (Å²) >= 11 is 0. The molecule has 0 aliphatic rings. The van der Waals surface area contributed by atoms with Crippen LogP contribution in [0.1, 0.15) is 39.0 Å². The van der Waals surface area contributed by atoms with Crippen molar-refractivity contribution in [2.24, 2.45) is 0 Å². The van der Waals surface area contributed by atoms with Gasteiger partial charge in [0.15, 0.2) is 5.75 Å². The van der Waals surface area contributed by atoms with Crippen molar-refractivity contribution in [3.8, 4) is 5.75 Å². The number of aromatic nitrogens is 1. The Morgan fingerprint density at radius 2 is 1.44 bits per heavy atom. The Labute approximate surface area is 103 Å². The summed E-state index contributed by atoms with van der Waals surface area (Å²) < 4.78 is 56.4. The monoisotopic (exact) mass is 265 g/mol. The second kappa shape index (κ2) is 7.18. The van der Waals surface area contributed by atoms with E-state index in [0.29, 0.717) is 6.42 Å². The van der Waals surface area contributed by atoms with Crippen LogP contribution < -0.4 is 4.74 Å². The number of halogens is 4. The van der Waals surface area contributed by atoms with Gasteiger partial charge in [-0.15, -0.1) is 0 Å². The first-order valence-electron chi connectivity index (χ1n) is 5.90. The summed E-state index contributed by atoms with van der Waals surface area (Å²) in [5.41, 5.74) is 0. The van der Waals surface area contributed by atoms with E-state index < -0.39 is 29.3 Å². The van der Waals surface area contributed by atoms with E-state index in [9.17, 15) is 17.6 Å². The fourth-order valence-corrected chi connectivity index (χ4v) is 1.47. The van der Waals surface area contributed by atoms with E-state index in [1.54, 1.807) is 0 Å².